The summed E-state index contributed by atoms with van der Waals surface area (Å²) in [5.74, 6) is -0.582. The molecule has 0 heterocycles. The third-order valence-corrected chi connectivity index (χ3v) is 1.66. The van der Waals surface area contributed by atoms with E-state index in [-0.39, 0.29) is 11.6 Å². The first-order valence-electron chi connectivity index (χ1n) is 3.62. The van der Waals surface area contributed by atoms with E-state index in [2.05, 4.69) is 5.16 Å². The van der Waals surface area contributed by atoms with Crippen LogP contribution in [0.25, 0.3) is 0 Å². The molecule has 13 heavy (non-hydrogen) atoms. The molecule has 1 aromatic carbocycles. The van der Waals surface area contributed by atoms with E-state index in [1.807, 2.05) is 0 Å². The van der Waals surface area contributed by atoms with Crippen molar-refractivity contribution in [3.63, 3.8) is 0 Å². The van der Waals surface area contributed by atoms with Gasteiger partial charge in [0.2, 0.25) is 5.96 Å². The fraction of sp³-hybridized carbons (Fsp3) is 0.125. The SMILES string of the molecule is CN(C(N)=NO)c1ccccc1F. The first kappa shape index (κ1) is 9.31. The van der Waals surface area contributed by atoms with Crippen LogP contribution in [0.5, 0.6) is 0 Å². The lowest BCUT2D eigenvalue weighted by Gasteiger charge is -2.16. The predicted molar refractivity (Wildman–Crippen MR) is 48.2 cm³/mol. The highest BCUT2D eigenvalue weighted by atomic mass is 19.1. The normalized spacial score (nSPS) is 11.4. The van der Waals surface area contributed by atoms with Crippen molar-refractivity contribution in [2.45, 2.75) is 0 Å². The zero-order valence-corrected chi connectivity index (χ0v) is 7.11. The van der Waals surface area contributed by atoms with Gasteiger partial charge in [0.05, 0.1) is 5.69 Å². The molecule has 0 spiro atoms. The van der Waals surface area contributed by atoms with Crippen LogP contribution in [0.4, 0.5) is 10.1 Å². The molecular formula is C8H10FN3O. The van der Waals surface area contributed by atoms with Gasteiger partial charge in [-0.25, -0.2) is 4.39 Å². The van der Waals surface area contributed by atoms with Gasteiger partial charge in [-0.1, -0.05) is 17.3 Å². The van der Waals surface area contributed by atoms with Crippen molar-refractivity contribution in [2.24, 2.45) is 10.9 Å². The molecule has 0 aromatic heterocycles. The summed E-state index contributed by atoms with van der Waals surface area (Å²) in [5, 5.41) is 11.1. The summed E-state index contributed by atoms with van der Waals surface area (Å²) in [4.78, 5) is 1.25. The molecule has 5 heteroatoms. The zero-order chi connectivity index (χ0) is 9.84. The van der Waals surface area contributed by atoms with E-state index in [0.717, 1.165) is 0 Å². The van der Waals surface area contributed by atoms with Gasteiger partial charge in [-0.05, 0) is 12.1 Å². The highest BCUT2D eigenvalue weighted by molar-refractivity contribution is 5.93. The molecule has 0 saturated heterocycles. The average molecular weight is 183 g/mol. The minimum atomic E-state index is -0.420. The molecule has 0 fully saturated rings. The van der Waals surface area contributed by atoms with E-state index < -0.39 is 5.82 Å². The summed E-state index contributed by atoms with van der Waals surface area (Å²) >= 11 is 0. The topological polar surface area (TPSA) is 61.8 Å². The largest absolute Gasteiger partial charge is 0.408 e. The number of anilines is 1. The van der Waals surface area contributed by atoms with Crippen LogP contribution in [0.3, 0.4) is 0 Å². The van der Waals surface area contributed by atoms with Crippen LogP contribution >= 0.6 is 0 Å². The van der Waals surface area contributed by atoms with Crippen molar-refractivity contribution in [1.82, 2.24) is 0 Å². The maximum Gasteiger partial charge on any atom is 0.237 e. The van der Waals surface area contributed by atoms with Crippen molar-refractivity contribution in [3.8, 4) is 0 Å². The van der Waals surface area contributed by atoms with Crippen molar-refractivity contribution in [1.29, 1.82) is 0 Å². The summed E-state index contributed by atoms with van der Waals surface area (Å²) < 4.78 is 13.1. The average Bonchev–Trinajstić information content (AvgIpc) is 2.16. The van der Waals surface area contributed by atoms with Crippen LogP contribution in [0, 0.1) is 5.82 Å². The number of guanidine groups is 1. The number of para-hydroxylation sites is 1. The van der Waals surface area contributed by atoms with Gasteiger partial charge in [0.1, 0.15) is 5.82 Å². The van der Waals surface area contributed by atoms with Crippen molar-refractivity contribution < 1.29 is 9.60 Å². The van der Waals surface area contributed by atoms with E-state index in [1.165, 1.54) is 24.1 Å². The van der Waals surface area contributed by atoms with Gasteiger partial charge in [-0.2, -0.15) is 0 Å². The van der Waals surface area contributed by atoms with Crippen molar-refractivity contribution >= 4 is 11.6 Å². The third kappa shape index (κ3) is 1.87. The molecule has 0 aliphatic rings. The van der Waals surface area contributed by atoms with Crippen LogP contribution in [-0.4, -0.2) is 18.2 Å². The molecule has 0 bridgehead atoms. The van der Waals surface area contributed by atoms with Gasteiger partial charge in [0.25, 0.3) is 0 Å². The second kappa shape index (κ2) is 3.75. The quantitative estimate of drug-likeness (QED) is 0.295. The summed E-state index contributed by atoms with van der Waals surface area (Å²) in [6.45, 7) is 0. The Morgan fingerprint density at radius 3 is 2.69 bits per heavy atom. The van der Waals surface area contributed by atoms with Gasteiger partial charge in [-0.3, -0.25) is 0 Å². The highest BCUT2D eigenvalue weighted by Crippen LogP contribution is 2.16. The molecule has 0 amide bonds. The summed E-state index contributed by atoms with van der Waals surface area (Å²) in [6.07, 6.45) is 0. The number of nitrogens with two attached hydrogens (primary N) is 1. The zero-order valence-electron chi connectivity index (χ0n) is 7.11. The monoisotopic (exact) mass is 183 g/mol. The lowest BCUT2D eigenvalue weighted by atomic mass is 10.3. The predicted octanol–water partition coefficient (Wildman–Crippen LogP) is 0.966. The Labute approximate surface area is 75.1 Å². The molecule has 1 rings (SSSR count). The van der Waals surface area contributed by atoms with Crippen LogP contribution in [-0.2, 0) is 0 Å². The maximum atomic E-state index is 13.1. The minimum absolute atomic E-state index is 0.162. The Morgan fingerprint density at radius 1 is 1.54 bits per heavy atom. The minimum Gasteiger partial charge on any atom is -0.408 e. The smallest absolute Gasteiger partial charge is 0.237 e. The Morgan fingerprint density at radius 2 is 2.15 bits per heavy atom. The third-order valence-electron chi connectivity index (χ3n) is 1.66. The number of nitrogens with zero attached hydrogens (tertiary/aromatic N) is 2. The molecule has 0 aliphatic carbocycles. The van der Waals surface area contributed by atoms with E-state index in [1.54, 1.807) is 12.1 Å². The molecule has 70 valence electrons. The van der Waals surface area contributed by atoms with E-state index >= 15 is 0 Å². The van der Waals surface area contributed by atoms with Crippen LogP contribution < -0.4 is 10.6 Å². The summed E-state index contributed by atoms with van der Waals surface area (Å²) in [6, 6.07) is 6.07. The molecule has 0 atom stereocenters. The number of halogens is 1. The van der Waals surface area contributed by atoms with Gasteiger partial charge in [0.15, 0.2) is 0 Å². The van der Waals surface area contributed by atoms with E-state index in [0.29, 0.717) is 0 Å². The van der Waals surface area contributed by atoms with E-state index in [9.17, 15) is 4.39 Å². The summed E-state index contributed by atoms with van der Waals surface area (Å²) in [5.41, 5.74) is 5.54. The van der Waals surface area contributed by atoms with Gasteiger partial charge in [-0.15, -0.1) is 0 Å². The summed E-state index contributed by atoms with van der Waals surface area (Å²) in [7, 11) is 1.51. The molecule has 0 saturated carbocycles. The number of hydrogen-bond acceptors (Lipinski definition) is 2. The fourth-order valence-corrected chi connectivity index (χ4v) is 0.914. The lowest BCUT2D eigenvalue weighted by Crippen LogP contribution is -2.34. The molecule has 1 aromatic rings. The highest BCUT2D eigenvalue weighted by Gasteiger charge is 2.09. The van der Waals surface area contributed by atoms with Crippen LogP contribution in [0.2, 0.25) is 0 Å². The van der Waals surface area contributed by atoms with Crippen LogP contribution in [0.15, 0.2) is 29.4 Å². The van der Waals surface area contributed by atoms with E-state index in [4.69, 9.17) is 10.9 Å². The van der Waals surface area contributed by atoms with Crippen molar-refractivity contribution in [2.75, 3.05) is 11.9 Å². The molecule has 4 nitrogen and oxygen atoms in total. The number of hydrogen-bond donors (Lipinski definition) is 2. The molecule has 0 radical (unpaired) electrons. The van der Waals surface area contributed by atoms with Gasteiger partial charge >= 0.3 is 0 Å². The van der Waals surface area contributed by atoms with Gasteiger partial charge < -0.3 is 15.8 Å². The standard InChI is InChI=1S/C8H10FN3O/c1-12(8(10)11-13)7-5-3-2-4-6(7)9/h2-5,13H,1H3,(H2,10,11). The number of rotatable bonds is 1. The number of oxime groups is 1. The number of benzene rings is 1. The first-order valence-corrected chi connectivity index (χ1v) is 3.62. The van der Waals surface area contributed by atoms with Crippen LogP contribution in [0.1, 0.15) is 0 Å². The Bertz CT molecular complexity index is 327. The fourth-order valence-electron chi connectivity index (χ4n) is 0.914. The molecular weight excluding hydrogens is 173 g/mol. The molecule has 0 unspecified atom stereocenters. The first-order chi connectivity index (χ1) is 6.16. The molecule has 3 N–H and O–H groups in total. The Hall–Kier alpha value is -1.78. The Kier molecular flexibility index (Phi) is 2.69. The van der Waals surface area contributed by atoms with Gasteiger partial charge in [0, 0.05) is 7.05 Å². The second-order valence-electron chi connectivity index (χ2n) is 2.47. The lowest BCUT2D eigenvalue weighted by molar-refractivity contribution is 0.317. The molecule has 0 aliphatic heterocycles. The Balaban J connectivity index is 3.02. The second-order valence-corrected chi connectivity index (χ2v) is 2.47. The van der Waals surface area contributed by atoms with Crippen molar-refractivity contribution in [3.05, 3.63) is 30.1 Å². The maximum absolute atomic E-state index is 13.1.